The van der Waals surface area contributed by atoms with Gasteiger partial charge < -0.3 is 10.1 Å². The van der Waals surface area contributed by atoms with Crippen LogP contribution in [0.4, 0.5) is 5.95 Å². The molecular weight excluding hydrogens is 424 g/mol. The van der Waals surface area contributed by atoms with Crippen LogP contribution >= 0.6 is 11.6 Å². The van der Waals surface area contributed by atoms with Crippen molar-refractivity contribution in [2.45, 2.75) is 38.1 Å². The quantitative estimate of drug-likeness (QED) is 0.474. The molecule has 0 atom stereocenters. The van der Waals surface area contributed by atoms with E-state index in [0.29, 0.717) is 12.0 Å². The fraction of sp³-hybridized carbons (Fsp3) is 0.333. The van der Waals surface area contributed by atoms with E-state index in [1.165, 1.54) is 0 Å². The standard InChI is InChI=1S/C24H25ClN6O/c1-24(2,17-3-5-18(25)6-4-17)22-30-29-21-15-16(8-12-31(21)22)20-7-11-26-23(28-20)27-19-9-13-32-14-10-19/h3-8,11-12,15,19H,9-10,13-14H2,1-2H3,(H,26,27,28). The first kappa shape index (κ1) is 20.8. The van der Waals surface area contributed by atoms with Crippen LogP contribution in [0.3, 0.4) is 0 Å². The average molecular weight is 449 g/mol. The Morgan fingerprint density at radius 1 is 1.06 bits per heavy atom. The SMILES string of the molecule is CC(C)(c1ccc(Cl)cc1)c1nnc2cc(-c3ccnc(NC4CCOCC4)n3)ccn12. The number of hydrogen-bond acceptors (Lipinski definition) is 6. The smallest absolute Gasteiger partial charge is 0.223 e. The highest BCUT2D eigenvalue weighted by Crippen LogP contribution is 2.32. The molecule has 164 valence electrons. The lowest BCUT2D eigenvalue weighted by Gasteiger charge is -2.23. The second-order valence-electron chi connectivity index (χ2n) is 8.60. The lowest BCUT2D eigenvalue weighted by Crippen LogP contribution is -2.28. The summed E-state index contributed by atoms with van der Waals surface area (Å²) in [7, 11) is 0. The molecule has 0 aliphatic carbocycles. The summed E-state index contributed by atoms with van der Waals surface area (Å²) in [6.45, 7) is 5.82. The van der Waals surface area contributed by atoms with Crippen LogP contribution in [0.2, 0.25) is 5.02 Å². The van der Waals surface area contributed by atoms with Crippen molar-refractivity contribution < 1.29 is 4.74 Å². The topological polar surface area (TPSA) is 77.2 Å². The molecule has 1 fully saturated rings. The second kappa shape index (κ2) is 8.48. The summed E-state index contributed by atoms with van der Waals surface area (Å²) < 4.78 is 7.46. The van der Waals surface area contributed by atoms with Crippen LogP contribution in [-0.2, 0) is 10.2 Å². The zero-order valence-electron chi connectivity index (χ0n) is 18.1. The Morgan fingerprint density at radius 2 is 1.84 bits per heavy atom. The third-order valence-electron chi connectivity index (χ3n) is 6.04. The van der Waals surface area contributed by atoms with Crippen LogP contribution < -0.4 is 5.32 Å². The van der Waals surface area contributed by atoms with E-state index in [1.54, 1.807) is 6.20 Å². The van der Waals surface area contributed by atoms with E-state index in [-0.39, 0.29) is 5.41 Å². The van der Waals surface area contributed by atoms with E-state index < -0.39 is 0 Å². The first-order chi connectivity index (χ1) is 15.5. The molecule has 4 aromatic rings. The number of nitrogens with zero attached hydrogens (tertiary/aromatic N) is 5. The van der Waals surface area contributed by atoms with Gasteiger partial charge in [0.1, 0.15) is 5.82 Å². The zero-order valence-corrected chi connectivity index (χ0v) is 18.9. The zero-order chi connectivity index (χ0) is 22.1. The van der Waals surface area contributed by atoms with Crippen molar-refractivity contribution in [2.24, 2.45) is 0 Å². The largest absolute Gasteiger partial charge is 0.381 e. The summed E-state index contributed by atoms with van der Waals surface area (Å²) in [5.41, 5.74) is 3.38. The van der Waals surface area contributed by atoms with Crippen molar-refractivity contribution in [3.63, 3.8) is 0 Å². The van der Waals surface area contributed by atoms with Crippen molar-refractivity contribution in [1.29, 1.82) is 0 Å². The molecule has 1 saturated heterocycles. The fourth-order valence-corrected chi connectivity index (χ4v) is 4.21. The van der Waals surface area contributed by atoms with Crippen LogP contribution in [-0.4, -0.2) is 43.8 Å². The van der Waals surface area contributed by atoms with E-state index in [4.69, 9.17) is 21.3 Å². The molecule has 3 aromatic heterocycles. The number of hydrogen-bond donors (Lipinski definition) is 1. The Morgan fingerprint density at radius 3 is 2.62 bits per heavy atom. The summed E-state index contributed by atoms with van der Waals surface area (Å²) in [5.74, 6) is 1.51. The summed E-state index contributed by atoms with van der Waals surface area (Å²) >= 11 is 6.07. The average Bonchev–Trinajstić information content (AvgIpc) is 3.24. The highest BCUT2D eigenvalue weighted by Gasteiger charge is 2.29. The molecule has 1 aromatic carbocycles. The Balaban J connectivity index is 1.44. The van der Waals surface area contributed by atoms with E-state index in [0.717, 1.165) is 59.4 Å². The van der Waals surface area contributed by atoms with Crippen molar-refractivity contribution in [1.82, 2.24) is 24.6 Å². The van der Waals surface area contributed by atoms with Gasteiger partial charge in [0, 0.05) is 42.2 Å². The molecule has 32 heavy (non-hydrogen) atoms. The minimum absolute atomic E-state index is 0.332. The van der Waals surface area contributed by atoms with Crippen molar-refractivity contribution in [3.05, 3.63) is 71.3 Å². The van der Waals surface area contributed by atoms with Gasteiger partial charge in [-0.1, -0.05) is 23.7 Å². The van der Waals surface area contributed by atoms with E-state index in [2.05, 4.69) is 34.3 Å². The lowest BCUT2D eigenvalue weighted by atomic mass is 9.84. The number of nitrogens with one attached hydrogen (secondary N) is 1. The molecular formula is C24H25ClN6O. The number of benzene rings is 1. The monoisotopic (exact) mass is 448 g/mol. The number of ether oxygens (including phenoxy) is 1. The Labute approximate surface area is 191 Å². The highest BCUT2D eigenvalue weighted by atomic mass is 35.5. The fourth-order valence-electron chi connectivity index (χ4n) is 4.09. The number of fused-ring (bicyclic) bond motifs is 1. The minimum Gasteiger partial charge on any atom is -0.381 e. The number of pyridine rings is 1. The number of halogens is 1. The van der Waals surface area contributed by atoms with Crippen LogP contribution in [0.25, 0.3) is 16.9 Å². The summed E-state index contributed by atoms with van der Waals surface area (Å²) in [5, 5.41) is 13.1. The van der Waals surface area contributed by atoms with Gasteiger partial charge in [0.2, 0.25) is 5.95 Å². The maximum atomic E-state index is 6.07. The molecule has 5 rings (SSSR count). The molecule has 1 aliphatic heterocycles. The van der Waals surface area contributed by atoms with E-state index in [9.17, 15) is 0 Å². The molecule has 7 nitrogen and oxygen atoms in total. The molecule has 8 heteroatoms. The molecule has 4 heterocycles. The van der Waals surface area contributed by atoms with Crippen molar-refractivity contribution in [3.8, 4) is 11.3 Å². The molecule has 1 aliphatic rings. The molecule has 0 spiro atoms. The summed E-state index contributed by atoms with van der Waals surface area (Å²) in [6.07, 6.45) is 5.72. The van der Waals surface area contributed by atoms with Crippen LogP contribution in [0.15, 0.2) is 54.9 Å². The predicted octanol–water partition coefficient (Wildman–Crippen LogP) is 4.76. The maximum Gasteiger partial charge on any atom is 0.223 e. The predicted molar refractivity (Wildman–Crippen MR) is 125 cm³/mol. The Bertz CT molecular complexity index is 1230. The van der Waals surface area contributed by atoms with Gasteiger partial charge in [-0.15, -0.1) is 10.2 Å². The van der Waals surface area contributed by atoms with Crippen molar-refractivity contribution in [2.75, 3.05) is 18.5 Å². The van der Waals surface area contributed by atoms with Gasteiger partial charge in [0.05, 0.1) is 11.1 Å². The van der Waals surface area contributed by atoms with Gasteiger partial charge in [-0.2, -0.15) is 0 Å². The first-order valence-corrected chi connectivity index (χ1v) is 11.2. The van der Waals surface area contributed by atoms with E-state index >= 15 is 0 Å². The Hall–Kier alpha value is -3.03. The third-order valence-corrected chi connectivity index (χ3v) is 6.29. The summed E-state index contributed by atoms with van der Waals surface area (Å²) in [6, 6.07) is 14.2. The van der Waals surface area contributed by atoms with Gasteiger partial charge >= 0.3 is 0 Å². The molecule has 0 unspecified atom stereocenters. The molecule has 0 saturated carbocycles. The normalized spacial score (nSPS) is 15.2. The third kappa shape index (κ3) is 4.06. The maximum absolute atomic E-state index is 6.07. The molecule has 0 radical (unpaired) electrons. The Kier molecular flexibility index (Phi) is 5.53. The van der Waals surface area contributed by atoms with Gasteiger partial charge in [0.25, 0.3) is 0 Å². The number of anilines is 1. The molecule has 1 N–H and O–H groups in total. The minimum atomic E-state index is -0.332. The summed E-state index contributed by atoms with van der Waals surface area (Å²) in [4.78, 5) is 9.11. The van der Waals surface area contributed by atoms with Gasteiger partial charge in [-0.05, 0) is 62.6 Å². The van der Waals surface area contributed by atoms with Gasteiger partial charge in [0.15, 0.2) is 5.65 Å². The second-order valence-corrected chi connectivity index (χ2v) is 9.03. The number of aromatic nitrogens is 5. The van der Waals surface area contributed by atoms with Crippen LogP contribution in [0, 0.1) is 0 Å². The van der Waals surface area contributed by atoms with Crippen molar-refractivity contribution >= 4 is 23.2 Å². The van der Waals surface area contributed by atoms with Gasteiger partial charge in [-0.25, -0.2) is 9.97 Å². The number of rotatable bonds is 5. The first-order valence-electron chi connectivity index (χ1n) is 10.8. The van der Waals surface area contributed by atoms with Crippen LogP contribution in [0.5, 0.6) is 0 Å². The highest BCUT2D eigenvalue weighted by molar-refractivity contribution is 6.30. The van der Waals surface area contributed by atoms with E-state index in [1.807, 2.05) is 53.1 Å². The molecule has 0 bridgehead atoms. The lowest BCUT2D eigenvalue weighted by molar-refractivity contribution is 0.0903. The molecule has 0 amide bonds. The van der Waals surface area contributed by atoms with Crippen LogP contribution in [0.1, 0.15) is 38.1 Å². The van der Waals surface area contributed by atoms with Gasteiger partial charge in [-0.3, -0.25) is 4.40 Å².